The summed E-state index contributed by atoms with van der Waals surface area (Å²) in [5.41, 5.74) is 0. The highest BCUT2D eigenvalue weighted by atomic mass is 16.6. The molecule has 1 unspecified atom stereocenters. The molecule has 0 N–H and O–H groups in total. The number of ether oxygens (including phenoxy) is 3. The molecule has 65 heavy (non-hydrogen) atoms. The van der Waals surface area contributed by atoms with Crippen molar-refractivity contribution in [1.82, 2.24) is 0 Å². The maximum absolute atomic E-state index is 12.8. The number of allylic oxidation sites excluding steroid dienone is 18. The zero-order chi connectivity index (χ0) is 47.2. The monoisotopic (exact) mass is 901 g/mol. The molecular formula is C59H96O6. The Labute approximate surface area is 400 Å². The third kappa shape index (κ3) is 50.9. The van der Waals surface area contributed by atoms with Gasteiger partial charge in [0, 0.05) is 19.3 Å². The predicted molar refractivity (Wildman–Crippen MR) is 279 cm³/mol. The van der Waals surface area contributed by atoms with E-state index in [0.29, 0.717) is 19.3 Å². The first-order valence-electron chi connectivity index (χ1n) is 26.5. The average molecular weight is 901 g/mol. The predicted octanol–water partition coefficient (Wildman–Crippen LogP) is 17.5. The van der Waals surface area contributed by atoms with E-state index in [2.05, 4.69) is 75.5 Å². The summed E-state index contributed by atoms with van der Waals surface area (Å²) in [4.78, 5) is 38.0. The molecule has 0 fully saturated rings. The van der Waals surface area contributed by atoms with Gasteiger partial charge >= 0.3 is 17.9 Å². The number of esters is 3. The van der Waals surface area contributed by atoms with Crippen molar-refractivity contribution >= 4 is 17.9 Å². The van der Waals surface area contributed by atoms with Gasteiger partial charge in [-0.2, -0.15) is 0 Å². The number of rotatable bonds is 46. The lowest BCUT2D eigenvalue weighted by Crippen LogP contribution is -2.30. The van der Waals surface area contributed by atoms with Gasteiger partial charge in [-0.05, 0) is 70.6 Å². The number of hydrogen-bond acceptors (Lipinski definition) is 6. The molecule has 0 radical (unpaired) electrons. The Morgan fingerprint density at radius 3 is 1.17 bits per heavy atom. The van der Waals surface area contributed by atoms with Crippen LogP contribution in [0.4, 0.5) is 0 Å². The Hall–Kier alpha value is -3.93. The van der Waals surface area contributed by atoms with Gasteiger partial charge < -0.3 is 14.2 Å². The number of hydrogen-bond donors (Lipinski definition) is 0. The maximum atomic E-state index is 12.8. The molecule has 0 aliphatic rings. The molecule has 0 amide bonds. The number of unbranched alkanes of at least 4 members (excludes halogenated alkanes) is 21. The highest BCUT2D eigenvalue weighted by Crippen LogP contribution is 2.15. The molecule has 0 heterocycles. The lowest BCUT2D eigenvalue weighted by molar-refractivity contribution is -0.167. The third-order valence-electron chi connectivity index (χ3n) is 10.9. The summed E-state index contributed by atoms with van der Waals surface area (Å²) in [6.45, 7) is 6.30. The van der Waals surface area contributed by atoms with E-state index < -0.39 is 6.10 Å². The summed E-state index contributed by atoms with van der Waals surface area (Å²) in [5, 5.41) is 0. The minimum absolute atomic E-state index is 0.108. The number of carbonyl (C=O) groups excluding carboxylic acids is 3. The van der Waals surface area contributed by atoms with E-state index in [4.69, 9.17) is 14.2 Å². The van der Waals surface area contributed by atoms with E-state index in [-0.39, 0.29) is 37.5 Å². The number of carbonyl (C=O) groups is 3. The quantitative estimate of drug-likeness (QED) is 0.0199. The Morgan fingerprint density at radius 1 is 0.338 bits per heavy atom. The molecule has 1 atom stereocenters. The fourth-order valence-corrected chi connectivity index (χ4v) is 6.99. The van der Waals surface area contributed by atoms with Crippen molar-refractivity contribution in [3.8, 4) is 0 Å². The van der Waals surface area contributed by atoms with Crippen LogP contribution < -0.4 is 0 Å². The summed E-state index contributed by atoms with van der Waals surface area (Å²) < 4.78 is 16.7. The average Bonchev–Trinajstić information content (AvgIpc) is 3.30. The van der Waals surface area contributed by atoms with Gasteiger partial charge in [-0.1, -0.05) is 246 Å². The van der Waals surface area contributed by atoms with Crippen molar-refractivity contribution in [3.05, 3.63) is 109 Å². The van der Waals surface area contributed by atoms with Crippen LogP contribution in [-0.2, 0) is 28.6 Å². The fourth-order valence-electron chi connectivity index (χ4n) is 6.99. The molecule has 0 aliphatic carbocycles. The van der Waals surface area contributed by atoms with Crippen LogP contribution in [0.2, 0.25) is 0 Å². The van der Waals surface area contributed by atoms with Crippen molar-refractivity contribution in [3.63, 3.8) is 0 Å². The Bertz CT molecular complexity index is 1360. The van der Waals surface area contributed by atoms with Crippen molar-refractivity contribution in [2.45, 2.75) is 232 Å². The normalized spacial score (nSPS) is 13.0. The molecule has 0 saturated heterocycles. The Morgan fingerprint density at radius 2 is 0.692 bits per heavy atom. The second-order valence-corrected chi connectivity index (χ2v) is 17.2. The van der Waals surface area contributed by atoms with Crippen molar-refractivity contribution in [2.24, 2.45) is 0 Å². The highest BCUT2D eigenvalue weighted by molar-refractivity contribution is 5.71. The first-order valence-corrected chi connectivity index (χ1v) is 26.5. The van der Waals surface area contributed by atoms with Crippen LogP contribution in [0.3, 0.4) is 0 Å². The minimum atomic E-state index is -0.812. The molecule has 0 rings (SSSR count). The first kappa shape index (κ1) is 61.1. The van der Waals surface area contributed by atoms with Gasteiger partial charge in [-0.3, -0.25) is 14.4 Å². The molecule has 0 saturated carbocycles. The van der Waals surface area contributed by atoms with Crippen LogP contribution in [0.25, 0.3) is 0 Å². The summed E-state index contributed by atoms with van der Waals surface area (Å²) in [5.74, 6) is -0.999. The van der Waals surface area contributed by atoms with E-state index >= 15 is 0 Å². The van der Waals surface area contributed by atoms with Gasteiger partial charge in [0.2, 0.25) is 0 Å². The smallest absolute Gasteiger partial charge is 0.306 e. The lowest BCUT2D eigenvalue weighted by Gasteiger charge is -2.18. The van der Waals surface area contributed by atoms with Gasteiger partial charge in [0.15, 0.2) is 6.10 Å². The van der Waals surface area contributed by atoms with E-state index in [9.17, 15) is 14.4 Å². The third-order valence-corrected chi connectivity index (χ3v) is 10.9. The van der Waals surface area contributed by atoms with Crippen molar-refractivity contribution < 1.29 is 28.6 Å². The lowest BCUT2D eigenvalue weighted by atomic mass is 10.0. The Balaban J connectivity index is 4.48. The van der Waals surface area contributed by atoms with Crippen LogP contribution in [-0.4, -0.2) is 37.2 Å². The van der Waals surface area contributed by atoms with E-state index in [1.54, 1.807) is 0 Å². The second-order valence-electron chi connectivity index (χ2n) is 17.2. The van der Waals surface area contributed by atoms with Crippen molar-refractivity contribution in [2.75, 3.05) is 13.2 Å². The molecule has 0 bridgehead atoms. The van der Waals surface area contributed by atoms with Crippen LogP contribution in [0.5, 0.6) is 0 Å². The van der Waals surface area contributed by atoms with E-state index in [0.717, 1.165) is 89.9 Å². The minimum Gasteiger partial charge on any atom is -0.462 e. The summed E-state index contributed by atoms with van der Waals surface area (Å²) in [6, 6.07) is 0. The molecule has 6 heteroatoms. The van der Waals surface area contributed by atoms with Crippen LogP contribution >= 0.6 is 0 Å². The zero-order valence-corrected chi connectivity index (χ0v) is 42.0. The van der Waals surface area contributed by atoms with Gasteiger partial charge in [0.25, 0.3) is 0 Å². The fraction of sp³-hybridized carbons (Fsp3) is 0.644. The SMILES string of the molecule is CC/C=C/C=C/C=C/C=C/C=C/CCCC(=O)OCC(COC(=O)CCCCCCCC/C=C/C/C=C/C/C=C/C/C=C/CC)OC(=O)CCCCCCCCCCCCCCCCC. The van der Waals surface area contributed by atoms with Gasteiger partial charge in [0.1, 0.15) is 13.2 Å². The summed E-state index contributed by atoms with van der Waals surface area (Å²) in [7, 11) is 0. The van der Waals surface area contributed by atoms with Crippen molar-refractivity contribution in [1.29, 1.82) is 0 Å². The van der Waals surface area contributed by atoms with Gasteiger partial charge in [-0.25, -0.2) is 0 Å². The van der Waals surface area contributed by atoms with Gasteiger partial charge in [0.05, 0.1) is 0 Å². The second kappa shape index (κ2) is 52.7. The zero-order valence-electron chi connectivity index (χ0n) is 42.0. The molecule has 0 aliphatic heterocycles. The molecule has 6 nitrogen and oxygen atoms in total. The topological polar surface area (TPSA) is 78.9 Å². The maximum Gasteiger partial charge on any atom is 0.306 e. The van der Waals surface area contributed by atoms with E-state index in [1.807, 2.05) is 54.7 Å². The van der Waals surface area contributed by atoms with Crippen LogP contribution in [0, 0.1) is 0 Å². The van der Waals surface area contributed by atoms with Crippen LogP contribution in [0.1, 0.15) is 226 Å². The molecule has 0 aromatic heterocycles. The Kier molecular flexibility index (Phi) is 49.5. The standard InChI is InChI=1S/C59H96O6/c1-4-7-10-13-16-19-22-25-27-28-29-30-32-34-37-40-43-46-49-52-58(61)64-55-56(54-63-57(60)51-48-45-42-39-36-33-24-21-18-15-12-9-6-3)65-59(62)53-50-47-44-41-38-35-31-26-23-20-17-14-11-8-5-2/h7,9-10,12,15-16,18-19,21,24-25,27,29-30,33,36,39,42,56H,4-6,8,11,13-14,17,20,22-23,26,28,31-32,34-35,37-38,40-41,43-55H2,1-3H3/b10-7+,12-9+,18-15+,19-16+,24-21+,27-25+,30-29+,36-33+,42-39+. The molecule has 368 valence electrons. The van der Waals surface area contributed by atoms with Gasteiger partial charge in [-0.15, -0.1) is 0 Å². The molecule has 0 aromatic carbocycles. The van der Waals surface area contributed by atoms with E-state index in [1.165, 1.54) is 89.9 Å². The molecular weight excluding hydrogens is 805 g/mol. The molecule has 0 aromatic rings. The largest absolute Gasteiger partial charge is 0.462 e. The highest BCUT2D eigenvalue weighted by Gasteiger charge is 2.19. The van der Waals surface area contributed by atoms with Crippen LogP contribution in [0.15, 0.2) is 109 Å². The first-order chi connectivity index (χ1) is 32.0. The summed E-state index contributed by atoms with van der Waals surface area (Å²) in [6.07, 6.45) is 70.8. The molecule has 0 spiro atoms. The summed E-state index contributed by atoms with van der Waals surface area (Å²) >= 11 is 0.